The molecule has 0 saturated heterocycles. The first-order chi connectivity index (χ1) is 22.0. The smallest absolute Gasteiger partial charge is 0.335 e. The first kappa shape index (κ1) is 34.7. The summed E-state index contributed by atoms with van der Waals surface area (Å²) in [4.78, 5) is 37.5. The van der Waals surface area contributed by atoms with Gasteiger partial charge in [-0.2, -0.15) is 0 Å². The van der Waals surface area contributed by atoms with Crippen molar-refractivity contribution >= 4 is 79.6 Å². The van der Waals surface area contributed by atoms with Crippen LogP contribution < -0.4 is 22.5 Å². The molecule has 1 aromatic heterocycles. The van der Waals surface area contributed by atoms with Crippen LogP contribution in [0.15, 0.2) is 69.5 Å². The number of aliphatic carboxylic acids is 1. The van der Waals surface area contributed by atoms with Gasteiger partial charge in [0.1, 0.15) is 6.04 Å². The number of nitrogens with two attached hydrogens (primary N) is 3. The molecule has 1 aliphatic rings. The summed E-state index contributed by atoms with van der Waals surface area (Å²) in [5.74, 6) is -1.68. The lowest BCUT2D eigenvalue weighted by Crippen LogP contribution is -2.30. The lowest BCUT2D eigenvalue weighted by molar-refractivity contribution is -0.138. The molecule has 0 radical (unpaired) electrons. The number of carboxylic acids is 2. The fourth-order valence-electron chi connectivity index (χ4n) is 4.51. The zero-order valence-electron chi connectivity index (χ0n) is 24.4. The number of benzene rings is 3. The first-order valence-corrected chi connectivity index (χ1v) is 16.2. The van der Waals surface area contributed by atoms with E-state index in [1.165, 1.54) is 53.8 Å². The van der Waals surface area contributed by atoms with Crippen molar-refractivity contribution in [3.05, 3.63) is 75.5 Å². The number of guanidine groups is 1. The average Bonchev–Trinajstić information content (AvgIpc) is 3.80. The Labute approximate surface area is 281 Å². The third-order valence-corrected chi connectivity index (χ3v) is 8.65. The molecule has 1 aliphatic carbocycles. The van der Waals surface area contributed by atoms with Crippen LogP contribution in [0.2, 0.25) is 5.02 Å². The van der Waals surface area contributed by atoms with Crippen molar-refractivity contribution in [1.29, 1.82) is 0 Å². The van der Waals surface area contributed by atoms with Gasteiger partial charge in [0.2, 0.25) is 10.6 Å². The minimum Gasteiger partial charge on any atom is -0.480 e. The number of halogens is 2. The van der Waals surface area contributed by atoms with Gasteiger partial charge in [0, 0.05) is 11.9 Å². The summed E-state index contributed by atoms with van der Waals surface area (Å²) in [6.45, 7) is 0.420. The molecule has 46 heavy (non-hydrogen) atoms. The third kappa shape index (κ3) is 9.19. The van der Waals surface area contributed by atoms with Gasteiger partial charge in [0.15, 0.2) is 11.1 Å². The number of rotatable bonds is 12. The van der Waals surface area contributed by atoms with Crippen molar-refractivity contribution in [1.82, 2.24) is 14.8 Å². The van der Waals surface area contributed by atoms with Crippen molar-refractivity contribution in [3.8, 4) is 5.69 Å². The van der Waals surface area contributed by atoms with Crippen molar-refractivity contribution in [2.45, 2.75) is 42.8 Å². The van der Waals surface area contributed by atoms with Gasteiger partial charge in [0.25, 0.3) is 0 Å². The Morgan fingerprint density at radius 3 is 2.43 bits per heavy atom. The zero-order valence-corrected chi connectivity index (χ0v) is 27.6. The number of aromatic carboxylic acids is 1. The van der Waals surface area contributed by atoms with Crippen molar-refractivity contribution in [2.24, 2.45) is 22.2 Å². The number of nitrogens with zero attached hydrogens (tertiary/aromatic N) is 4. The molecule has 0 spiro atoms. The normalized spacial score (nSPS) is 12.9. The molecule has 0 aliphatic heterocycles. The summed E-state index contributed by atoms with van der Waals surface area (Å²) in [5, 5.41) is 31.6. The molecule has 1 amide bonds. The highest BCUT2D eigenvalue weighted by molar-refractivity contribution is 9.10. The summed E-state index contributed by atoms with van der Waals surface area (Å²) in [6.07, 6.45) is 3.40. The van der Waals surface area contributed by atoms with E-state index in [4.69, 9.17) is 39.0 Å². The predicted octanol–water partition coefficient (Wildman–Crippen LogP) is 4.59. The van der Waals surface area contributed by atoms with Crippen LogP contribution in [0.25, 0.3) is 16.5 Å². The fraction of sp³-hybridized carbons (Fsp3) is 0.267. The van der Waals surface area contributed by atoms with Gasteiger partial charge in [-0.05, 0) is 82.7 Å². The Morgan fingerprint density at radius 1 is 1.09 bits per heavy atom. The fourth-order valence-corrected chi connectivity index (χ4v) is 6.04. The van der Waals surface area contributed by atoms with Gasteiger partial charge in [-0.3, -0.25) is 19.1 Å². The molecule has 4 aromatic rings. The van der Waals surface area contributed by atoms with Crippen LogP contribution in [0.5, 0.6) is 0 Å². The molecule has 9 N–H and O–H groups in total. The van der Waals surface area contributed by atoms with Crippen LogP contribution in [-0.2, 0) is 9.59 Å². The minimum absolute atomic E-state index is 0.0129. The SMILES string of the molecule is NC(N)=NCCCC(N)C(=O)O.O=C(CSc1nnc(Br)n1-c1ccc(C2CC2)c2ccccc12)Nc1ccc(C(=O)O)cc1Cl. The Hall–Kier alpha value is -4.18. The average molecular weight is 732 g/mol. The molecule has 1 unspecified atom stereocenters. The zero-order chi connectivity index (χ0) is 33.4. The van der Waals surface area contributed by atoms with E-state index in [9.17, 15) is 14.4 Å². The summed E-state index contributed by atoms with van der Waals surface area (Å²) in [7, 11) is 0. The van der Waals surface area contributed by atoms with E-state index in [1.807, 2.05) is 16.7 Å². The van der Waals surface area contributed by atoms with Gasteiger partial charge >= 0.3 is 11.9 Å². The van der Waals surface area contributed by atoms with E-state index in [2.05, 4.69) is 60.7 Å². The summed E-state index contributed by atoms with van der Waals surface area (Å²) >= 11 is 10.9. The van der Waals surface area contributed by atoms with Gasteiger partial charge in [0.05, 0.1) is 27.7 Å². The molecule has 0 bridgehead atoms. The largest absolute Gasteiger partial charge is 0.480 e. The number of aliphatic imine (C=N–C) groups is 1. The number of aromatic nitrogens is 3. The van der Waals surface area contributed by atoms with Crippen molar-refractivity contribution in [3.63, 3.8) is 0 Å². The standard InChI is InChI=1S/C24H18BrClN4O3S.C6H14N4O2/c25-23-28-29-24(34-12-21(31)27-19-9-7-14(22(32)33)11-18(19)26)30(23)20-10-8-15(13-5-6-13)16-3-1-2-4-17(16)20;7-4(5(11)12)2-1-3-10-6(8)9/h1-4,7-11,13H,5-6,12H2,(H,27,31)(H,32,33);4H,1-3,7H2,(H,11,12)(H4,8,9,10). The summed E-state index contributed by atoms with van der Waals surface area (Å²) < 4.78 is 2.44. The van der Waals surface area contributed by atoms with E-state index in [-0.39, 0.29) is 28.2 Å². The molecule has 16 heteroatoms. The Kier molecular flexibility index (Phi) is 12.0. The van der Waals surface area contributed by atoms with Crippen molar-refractivity contribution < 1.29 is 24.6 Å². The van der Waals surface area contributed by atoms with Gasteiger partial charge in [-0.1, -0.05) is 53.7 Å². The summed E-state index contributed by atoms with van der Waals surface area (Å²) in [6, 6.07) is 15.9. The van der Waals surface area contributed by atoms with E-state index in [0.717, 1.165) is 11.1 Å². The number of carbonyl (C=O) groups is 3. The number of anilines is 1. The predicted molar refractivity (Wildman–Crippen MR) is 182 cm³/mol. The molecule has 1 fully saturated rings. The van der Waals surface area contributed by atoms with Gasteiger partial charge in [-0.25, -0.2) is 4.79 Å². The number of carboxylic acid groups (broad SMARTS) is 2. The minimum atomic E-state index is -1.09. The van der Waals surface area contributed by atoms with Crippen molar-refractivity contribution in [2.75, 3.05) is 17.6 Å². The number of hydrogen-bond acceptors (Lipinski definition) is 8. The quantitative estimate of drug-likeness (QED) is 0.0511. The van der Waals surface area contributed by atoms with E-state index in [0.29, 0.717) is 40.9 Å². The summed E-state index contributed by atoms with van der Waals surface area (Å²) in [5.41, 5.74) is 18.0. The second-order valence-electron chi connectivity index (χ2n) is 10.3. The maximum absolute atomic E-state index is 12.6. The maximum Gasteiger partial charge on any atom is 0.335 e. The second kappa shape index (κ2) is 15.9. The number of hydrogen-bond donors (Lipinski definition) is 6. The van der Waals surface area contributed by atoms with E-state index in [1.54, 1.807) is 0 Å². The lowest BCUT2D eigenvalue weighted by atomic mass is 9.99. The molecule has 1 atom stereocenters. The Bertz CT molecular complexity index is 1780. The molecule has 1 saturated carbocycles. The lowest BCUT2D eigenvalue weighted by Gasteiger charge is -2.14. The van der Waals surface area contributed by atoms with Crippen LogP contribution >= 0.6 is 39.3 Å². The monoisotopic (exact) mass is 730 g/mol. The van der Waals surface area contributed by atoms with Crippen LogP contribution in [-0.4, -0.2) is 67.1 Å². The van der Waals surface area contributed by atoms with Crippen LogP contribution in [0.4, 0.5) is 5.69 Å². The Morgan fingerprint density at radius 2 is 1.80 bits per heavy atom. The first-order valence-electron chi connectivity index (χ1n) is 14.1. The number of carbonyl (C=O) groups excluding carboxylic acids is 1. The number of thioether (sulfide) groups is 1. The molecule has 242 valence electrons. The second-order valence-corrected chi connectivity index (χ2v) is 12.4. The Balaban J connectivity index is 0.000000342. The molecular formula is C30H32BrClN8O5S. The van der Waals surface area contributed by atoms with E-state index < -0.39 is 18.0 Å². The molecule has 1 heterocycles. The topological polar surface area (TPSA) is 225 Å². The highest BCUT2D eigenvalue weighted by Crippen LogP contribution is 2.44. The van der Waals surface area contributed by atoms with Crippen LogP contribution in [0.3, 0.4) is 0 Å². The van der Waals surface area contributed by atoms with E-state index >= 15 is 0 Å². The van der Waals surface area contributed by atoms with Crippen LogP contribution in [0, 0.1) is 0 Å². The molecule has 5 rings (SSSR count). The molecular weight excluding hydrogens is 700 g/mol. The molecule has 13 nitrogen and oxygen atoms in total. The highest BCUT2D eigenvalue weighted by atomic mass is 79.9. The van der Waals surface area contributed by atoms with Gasteiger partial charge < -0.3 is 32.7 Å². The maximum atomic E-state index is 12.6. The molecule has 3 aromatic carbocycles. The third-order valence-electron chi connectivity index (χ3n) is 6.89. The highest BCUT2D eigenvalue weighted by Gasteiger charge is 2.26. The van der Waals surface area contributed by atoms with Gasteiger partial charge in [-0.15, -0.1) is 10.2 Å². The number of amides is 1. The number of nitrogens with one attached hydrogen (secondary N) is 1. The number of fused-ring (bicyclic) bond motifs is 1. The van der Waals surface area contributed by atoms with Crippen LogP contribution in [0.1, 0.15) is 47.5 Å².